The molecule has 0 aromatic heterocycles. The van der Waals surface area contributed by atoms with E-state index in [0.29, 0.717) is 19.5 Å². The summed E-state index contributed by atoms with van der Waals surface area (Å²) in [6, 6.07) is 0. The first-order valence-electron chi connectivity index (χ1n) is 10.1. The lowest BCUT2D eigenvalue weighted by molar-refractivity contribution is -0.116. The standard InChI is InChI=1S/C20H34N2O3S/c1-4-26(24,25)22(3)7-5-6-21-19(23)8-15(2)20-12-16-9-17(13-20)11-18(10-16)14-20/h8,16-18H,4-7,9-14H2,1-3H3,(H,21,23)/b15-8+. The van der Waals surface area contributed by atoms with Gasteiger partial charge in [0.25, 0.3) is 0 Å². The summed E-state index contributed by atoms with van der Waals surface area (Å²) < 4.78 is 24.8. The van der Waals surface area contributed by atoms with Crippen molar-refractivity contribution in [2.24, 2.45) is 23.2 Å². The zero-order valence-corrected chi connectivity index (χ0v) is 17.3. The van der Waals surface area contributed by atoms with E-state index in [4.69, 9.17) is 0 Å². The van der Waals surface area contributed by atoms with E-state index < -0.39 is 10.0 Å². The number of amides is 1. The van der Waals surface area contributed by atoms with Crippen LogP contribution in [-0.4, -0.2) is 44.5 Å². The highest BCUT2D eigenvalue weighted by Gasteiger charge is 2.51. The zero-order valence-electron chi connectivity index (χ0n) is 16.5. The lowest BCUT2D eigenvalue weighted by Crippen LogP contribution is -2.46. The number of sulfonamides is 1. The van der Waals surface area contributed by atoms with E-state index in [1.54, 1.807) is 14.0 Å². The number of carbonyl (C=O) groups is 1. The highest BCUT2D eigenvalue weighted by molar-refractivity contribution is 7.89. The van der Waals surface area contributed by atoms with Crippen LogP contribution in [0.4, 0.5) is 0 Å². The fourth-order valence-electron chi connectivity index (χ4n) is 5.87. The van der Waals surface area contributed by atoms with E-state index in [-0.39, 0.29) is 17.1 Å². The minimum Gasteiger partial charge on any atom is -0.353 e. The Morgan fingerprint density at radius 3 is 2.19 bits per heavy atom. The average molecular weight is 383 g/mol. The summed E-state index contributed by atoms with van der Waals surface area (Å²) in [5.41, 5.74) is 1.54. The molecule has 1 amide bonds. The molecule has 0 atom stereocenters. The van der Waals surface area contributed by atoms with Crippen molar-refractivity contribution in [3.05, 3.63) is 11.6 Å². The maximum Gasteiger partial charge on any atom is 0.243 e. The minimum atomic E-state index is -3.14. The second kappa shape index (κ2) is 7.63. The molecule has 1 N–H and O–H groups in total. The van der Waals surface area contributed by atoms with Gasteiger partial charge < -0.3 is 5.32 Å². The number of carbonyl (C=O) groups excluding carboxylic acids is 1. The van der Waals surface area contributed by atoms with Gasteiger partial charge in [0.05, 0.1) is 5.75 Å². The molecule has 4 bridgehead atoms. The Bertz CT molecular complexity index is 633. The van der Waals surface area contributed by atoms with Crippen molar-refractivity contribution in [3.8, 4) is 0 Å². The fraction of sp³-hybridized carbons (Fsp3) is 0.850. The highest BCUT2D eigenvalue weighted by atomic mass is 32.2. The molecule has 0 spiro atoms. The van der Waals surface area contributed by atoms with Crippen LogP contribution in [0.15, 0.2) is 11.6 Å². The third kappa shape index (κ3) is 4.16. The summed E-state index contributed by atoms with van der Waals surface area (Å²) in [7, 11) is -1.54. The predicted octanol–water partition coefficient (Wildman–Crippen LogP) is 2.94. The van der Waals surface area contributed by atoms with Crippen molar-refractivity contribution in [3.63, 3.8) is 0 Å². The third-order valence-corrected chi connectivity index (χ3v) is 8.87. The van der Waals surface area contributed by atoms with Crippen molar-refractivity contribution in [1.82, 2.24) is 9.62 Å². The highest BCUT2D eigenvalue weighted by Crippen LogP contribution is 2.62. The predicted molar refractivity (Wildman–Crippen MR) is 104 cm³/mol. The smallest absolute Gasteiger partial charge is 0.243 e. The van der Waals surface area contributed by atoms with Crippen molar-refractivity contribution >= 4 is 15.9 Å². The summed E-state index contributed by atoms with van der Waals surface area (Å²) in [5.74, 6) is 2.72. The van der Waals surface area contributed by atoms with Crippen molar-refractivity contribution in [2.75, 3.05) is 25.9 Å². The summed E-state index contributed by atoms with van der Waals surface area (Å²) in [6.07, 6.45) is 10.5. The Labute approximate surface area is 158 Å². The maximum atomic E-state index is 12.3. The molecule has 0 aromatic carbocycles. The molecule has 4 aliphatic rings. The number of hydrogen-bond acceptors (Lipinski definition) is 3. The van der Waals surface area contributed by atoms with Crippen LogP contribution >= 0.6 is 0 Å². The number of rotatable bonds is 8. The number of nitrogens with zero attached hydrogens (tertiary/aromatic N) is 1. The van der Waals surface area contributed by atoms with Crippen LogP contribution in [0.5, 0.6) is 0 Å². The molecule has 4 fully saturated rings. The largest absolute Gasteiger partial charge is 0.353 e. The first kappa shape index (κ1) is 19.9. The molecule has 4 saturated carbocycles. The van der Waals surface area contributed by atoms with Gasteiger partial charge in [0.15, 0.2) is 0 Å². The Kier molecular flexibility index (Phi) is 5.83. The molecular formula is C20H34N2O3S. The van der Waals surface area contributed by atoms with Crippen LogP contribution in [-0.2, 0) is 14.8 Å². The van der Waals surface area contributed by atoms with Gasteiger partial charge in [0, 0.05) is 26.2 Å². The SMILES string of the molecule is CCS(=O)(=O)N(C)CCCNC(=O)/C=C(\C)C12CC3CC(CC(C3)C1)C2. The van der Waals surface area contributed by atoms with Crippen LogP contribution in [0.3, 0.4) is 0 Å². The average Bonchev–Trinajstić information content (AvgIpc) is 2.57. The molecule has 6 heteroatoms. The van der Waals surface area contributed by atoms with Gasteiger partial charge in [0.1, 0.15) is 0 Å². The number of allylic oxidation sites excluding steroid dienone is 1. The van der Waals surface area contributed by atoms with Gasteiger partial charge in [-0.15, -0.1) is 0 Å². The fourth-order valence-corrected chi connectivity index (χ4v) is 6.72. The van der Waals surface area contributed by atoms with Crippen molar-refractivity contribution in [2.45, 2.75) is 58.8 Å². The second-order valence-electron chi connectivity index (χ2n) is 8.89. The van der Waals surface area contributed by atoms with Crippen LogP contribution in [0.25, 0.3) is 0 Å². The van der Waals surface area contributed by atoms with E-state index in [1.807, 2.05) is 6.08 Å². The van der Waals surface area contributed by atoms with Gasteiger partial charge in [-0.3, -0.25) is 4.79 Å². The molecule has 148 valence electrons. The van der Waals surface area contributed by atoms with Gasteiger partial charge >= 0.3 is 0 Å². The summed E-state index contributed by atoms with van der Waals surface area (Å²) in [4.78, 5) is 12.3. The summed E-state index contributed by atoms with van der Waals surface area (Å²) in [6.45, 7) is 4.74. The first-order chi connectivity index (χ1) is 12.2. The van der Waals surface area contributed by atoms with Crippen molar-refractivity contribution < 1.29 is 13.2 Å². The quantitative estimate of drug-likeness (QED) is 0.518. The van der Waals surface area contributed by atoms with E-state index >= 15 is 0 Å². The normalized spacial score (nSPS) is 33.7. The van der Waals surface area contributed by atoms with E-state index in [9.17, 15) is 13.2 Å². The second-order valence-corrected chi connectivity index (χ2v) is 11.3. The molecule has 0 saturated heterocycles. The van der Waals surface area contributed by atoms with Crippen LogP contribution in [0, 0.1) is 23.2 Å². The van der Waals surface area contributed by atoms with Crippen molar-refractivity contribution in [1.29, 1.82) is 0 Å². The molecule has 0 radical (unpaired) electrons. The van der Waals surface area contributed by atoms with Gasteiger partial charge in [0.2, 0.25) is 15.9 Å². The summed E-state index contributed by atoms with van der Waals surface area (Å²) >= 11 is 0. The van der Waals surface area contributed by atoms with E-state index in [1.165, 1.54) is 48.4 Å². The van der Waals surface area contributed by atoms with E-state index in [2.05, 4.69) is 12.2 Å². The molecule has 0 heterocycles. The third-order valence-electron chi connectivity index (χ3n) is 7.01. The molecule has 0 unspecified atom stereocenters. The molecule has 0 aliphatic heterocycles. The van der Waals surface area contributed by atoms with Crippen LogP contribution < -0.4 is 5.32 Å². The lowest BCUT2D eigenvalue weighted by Gasteiger charge is -2.57. The van der Waals surface area contributed by atoms with Crippen LogP contribution in [0.2, 0.25) is 0 Å². The molecule has 0 aromatic rings. The summed E-state index contributed by atoms with van der Waals surface area (Å²) in [5, 5.41) is 2.93. The lowest BCUT2D eigenvalue weighted by atomic mass is 9.48. The monoisotopic (exact) mass is 382 g/mol. The first-order valence-corrected chi connectivity index (χ1v) is 11.8. The molecule has 5 nitrogen and oxygen atoms in total. The van der Waals surface area contributed by atoms with Crippen LogP contribution in [0.1, 0.15) is 58.8 Å². The Balaban J connectivity index is 1.48. The minimum absolute atomic E-state index is 0.0285. The van der Waals surface area contributed by atoms with Gasteiger partial charge in [-0.05, 0) is 82.0 Å². The van der Waals surface area contributed by atoms with Gasteiger partial charge in [-0.2, -0.15) is 0 Å². The zero-order chi connectivity index (χ0) is 18.9. The molecule has 4 aliphatic carbocycles. The Morgan fingerprint density at radius 2 is 1.69 bits per heavy atom. The Morgan fingerprint density at radius 1 is 1.15 bits per heavy atom. The van der Waals surface area contributed by atoms with Gasteiger partial charge in [-0.25, -0.2) is 12.7 Å². The van der Waals surface area contributed by atoms with Gasteiger partial charge in [-0.1, -0.05) is 5.57 Å². The molecular weight excluding hydrogens is 348 g/mol. The Hall–Kier alpha value is -0.880. The molecule has 4 rings (SSSR count). The number of nitrogens with one attached hydrogen (secondary N) is 1. The maximum absolute atomic E-state index is 12.3. The molecule has 26 heavy (non-hydrogen) atoms. The number of hydrogen-bond donors (Lipinski definition) is 1. The van der Waals surface area contributed by atoms with E-state index in [0.717, 1.165) is 17.8 Å². The topological polar surface area (TPSA) is 66.5 Å².